The summed E-state index contributed by atoms with van der Waals surface area (Å²) in [5.41, 5.74) is 0.700. The van der Waals surface area contributed by atoms with Crippen molar-refractivity contribution >= 4 is 21.6 Å². The highest BCUT2D eigenvalue weighted by Gasteiger charge is 2.19. The Balaban J connectivity index is 1.77. The summed E-state index contributed by atoms with van der Waals surface area (Å²) >= 11 is 5.78. The van der Waals surface area contributed by atoms with Crippen LogP contribution in [-0.4, -0.2) is 15.2 Å². The van der Waals surface area contributed by atoms with Gasteiger partial charge in [-0.3, -0.25) is 0 Å². The van der Waals surface area contributed by atoms with Crippen LogP contribution in [0.1, 0.15) is 5.56 Å². The molecular weight excluding hydrogens is 333 g/mol. The number of hydrogen-bond acceptors (Lipinski definition) is 4. The molecule has 0 saturated heterocycles. The molecule has 1 heterocycles. The molecular formula is C14H11ClFNO4S. The van der Waals surface area contributed by atoms with Crippen LogP contribution in [0.25, 0.3) is 0 Å². The second kappa shape index (κ2) is 5.75. The zero-order valence-corrected chi connectivity index (χ0v) is 12.7. The summed E-state index contributed by atoms with van der Waals surface area (Å²) in [5.74, 6) is 0.587. The smallest absolute Gasteiger partial charge is 0.242 e. The van der Waals surface area contributed by atoms with E-state index in [9.17, 15) is 12.8 Å². The number of ether oxygens (including phenoxy) is 2. The predicted molar refractivity (Wildman–Crippen MR) is 78.0 cm³/mol. The van der Waals surface area contributed by atoms with Crippen LogP contribution in [0, 0.1) is 5.82 Å². The molecule has 0 saturated carbocycles. The number of benzene rings is 2. The van der Waals surface area contributed by atoms with E-state index in [4.69, 9.17) is 21.1 Å². The van der Waals surface area contributed by atoms with Gasteiger partial charge in [0.05, 0.1) is 5.02 Å². The van der Waals surface area contributed by atoms with Crippen LogP contribution < -0.4 is 14.2 Å². The number of sulfonamides is 1. The maximum absolute atomic E-state index is 13.0. The largest absolute Gasteiger partial charge is 0.454 e. The number of fused-ring (bicyclic) bond motifs is 1. The minimum Gasteiger partial charge on any atom is -0.454 e. The van der Waals surface area contributed by atoms with E-state index in [0.717, 1.165) is 18.2 Å². The Kier molecular flexibility index (Phi) is 3.94. The fourth-order valence-electron chi connectivity index (χ4n) is 2.00. The predicted octanol–water partition coefficient (Wildman–Crippen LogP) is 2.69. The van der Waals surface area contributed by atoms with Crippen molar-refractivity contribution in [3.05, 3.63) is 52.8 Å². The lowest BCUT2D eigenvalue weighted by molar-refractivity contribution is 0.174. The minimum atomic E-state index is -3.84. The van der Waals surface area contributed by atoms with Gasteiger partial charge >= 0.3 is 0 Å². The molecule has 0 atom stereocenters. The Labute approximate surface area is 131 Å². The topological polar surface area (TPSA) is 64.6 Å². The summed E-state index contributed by atoms with van der Waals surface area (Å²) in [6.07, 6.45) is 0. The Hall–Kier alpha value is -1.83. The van der Waals surface area contributed by atoms with Gasteiger partial charge in [0, 0.05) is 6.54 Å². The second-order valence-electron chi connectivity index (χ2n) is 4.59. The van der Waals surface area contributed by atoms with Gasteiger partial charge in [-0.1, -0.05) is 17.7 Å². The van der Waals surface area contributed by atoms with Gasteiger partial charge in [-0.2, -0.15) is 0 Å². The van der Waals surface area contributed by atoms with Gasteiger partial charge in [0.15, 0.2) is 11.5 Å². The Morgan fingerprint density at radius 2 is 1.91 bits per heavy atom. The summed E-state index contributed by atoms with van der Waals surface area (Å²) in [6, 6.07) is 8.24. The van der Waals surface area contributed by atoms with E-state index in [1.54, 1.807) is 18.2 Å². The molecule has 8 heteroatoms. The normalized spacial score (nSPS) is 13.4. The summed E-state index contributed by atoms with van der Waals surface area (Å²) in [5, 5.41) is -0.168. The molecule has 22 heavy (non-hydrogen) atoms. The van der Waals surface area contributed by atoms with Crippen LogP contribution in [0.5, 0.6) is 11.5 Å². The van der Waals surface area contributed by atoms with E-state index < -0.39 is 15.8 Å². The van der Waals surface area contributed by atoms with E-state index >= 15 is 0 Å². The van der Waals surface area contributed by atoms with Gasteiger partial charge in [0.2, 0.25) is 16.8 Å². The average molecular weight is 344 g/mol. The number of rotatable bonds is 4. The first-order chi connectivity index (χ1) is 10.5. The zero-order valence-electron chi connectivity index (χ0n) is 11.2. The lowest BCUT2D eigenvalue weighted by Gasteiger charge is -2.09. The highest BCUT2D eigenvalue weighted by Crippen LogP contribution is 2.32. The Bertz CT molecular complexity index is 826. The third-order valence-corrected chi connectivity index (χ3v) is 4.97. The molecule has 1 N–H and O–H groups in total. The highest BCUT2D eigenvalue weighted by atomic mass is 35.5. The summed E-state index contributed by atoms with van der Waals surface area (Å²) in [6.45, 7) is 0.197. The fourth-order valence-corrected chi connectivity index (χ4v) is 3.55. The van der Waals surface area contributed by atoms with Crippen molar-refractivity contribution < 1.29 is 22.3 Å². The highest BCUT2D eigenvalue weighted by molar-refractivity contribution is 7.89. The molecule has 2 aromatic carbocycles. The van der Waals surface area contributed by atoms with E-state index in [1.807, 2.05) is 0 Å². The fraction of sp³-hybridized carbons (Fsp3) is 0.143. The SMILES string of the molecule is O=S(=O)(NCc1ccc2c(c1)OCO2)c1ccc(F)cc1Cl. The van der Waals surface area contributed by atoms with Crippen molar-refractivity contribution in [1.82, 2.24) is 4.72 Å². The van der Waals surface area contributed by atoms with Gasteiger partial charge in [-0.25, -0.2) is 17.5 Å². The summed E-state index contributed by atoms with van der Waals surface area (Å²) < 4.78 is 50.2. The van der Waals surface area contributed by atoms with Crippen molar-refractivity contribution in [2.45, 2.75) is 11.4 Å². The van der Waals surface area contributed by atoms with Gasteiger partial charge in [0.1, 0.15) is 10.7 Å². The second-order valence-corrected chi connectivity index (χ2v) is 6.73. The van der Waals surface area contributed by atoms with E-state index in [0.29, 0.717) is 17.1 Å². The van der Waals surface area contributed by atoms with Crippen LogP contribution in [-0.2, 0) is 16.6 Å². The van der Waals surface area contributed by atoms with Gasteiger partial charge in [0.25, 0.3) is 0 Å². The number of halogens is 2. The van der Waals surface area contributed by atoms with Crippen molar-refractivity contribution in [2.75, 3.05) is 6.79 Å². The zero-order chi connectivity index (χ0) is 15.7. The first-order valence-electron chi connectivity index (χ1n) is 6.29. The maximum Gasteiger partial charge on any atom is 0.242 e. The molecule has 0 fully saturated rings. The Morgan fingerprint density at radius 1 is 1.14 bits per heavy atom. The first-order valence-corrected chi connectivity index (χ1v) is 8.15. The van der Waals surface area contributed by atoms with E-state index in [1.165, 1.54) is 0 Å². The van der Waals surface area contributed by atoms with Crippen LogP contribution >= 0.6 is 11.6 Å². The minimum absolute atomic E-state index is 0.0483. The molecule has 0 radical (unpaired) electrons. The van der Waals surface area contributed by atoms with Gasteiger partial charge in [-0.05, 0) is 35.9 Å². The van der Waals surface area contributed by atoms with Crippen LogP contribution in [0.2, 0.25) is 5.02 Å². The molecule has 0 aromatic heterocycles. The maximum atomic E-state index is 13.0. The molecule has 5 nitrogen and oxygen atoms in total. The molecule has 0 amide bonds. The molecule has 3 rings (SSSR count). The molecule has 2 aromatic rings. The van der Waals surface area contributed by atoms with Crippen molar-refractivity contribution in [3.8, 4) is 11.5 Å². The lowest BCUT2D eigenvalue weighted by Crippen LogP contribution is -2.23. The molecule has 0 spiro atoms. The monoisotopic (exact) mass is 343 g/mol. The lowest BCUT2D eigenvalue weighted by atomic mass is 10.2. The third-order valence-electron chi connectivity index (χ3n) is 3.09. The third kappa shape index (κ3) is 3.01. The van der Waals surface area contributed by atoms with Crippen LogP contribution in [0.4, 0.5) is 4.39 Å². The summed E-state index contributed by atoms with van der Waals surface area (Å²) in [7, 11) is -3.84. The molecule has 0 aliphatic carbocycles. The molecule has 0 bridgehead atoms. The van der Waals surface area contributed by atoms with Crippen LogP contribution in [0.15, 0.2) is 41.3 Å². The quantitative estimate of drug-likeness (QED) is 0.927. The Morgan fingerprint density at radius 3 is 2.68 bits per heavy atom. The number of nitrogens with one attached hydrogen (secondary N) is 1. The van der Waals surface area contributed by atoms with Crippen molar-refractivity contribution in [1.29, 1.82) is 0 Å². The van der Waals surface area contributed by atoms with Gasteiger partial charge < -0.3 is 9.47 Å². The van der Waals surface area contributed by atoms with Gasteiger partial charge in [-0.15, -0.1) is 0 Å². The first kappa shape index (κ1) is 15.1. The van der Waals surface area contributed by atoms with Crippen molar-refractivity contribution in [2.24, 2.45) is 0 Å². The van der Waals surface area contributed by atoms with Crippen LogP contribution in [0.3, 0.4) is 0 Å². The standard InChI is InChI=1S/C14H11ClFNO4S/c15-11-6-10(16)2-4-14(11)22(18,19)17-7-9-1-3-12-13(5-9)21-8-20-12/h1-6,17H,7-8H2. The molecule has 116 valence electrons. The average Bonchev–Trinajstić information content (AvgIpc) is 2.92. The van der Waals surface area contributed by atoms with E-state index in [2.05, 4.69) is 4.72 Å². The molecule has 1 aliphatic rings. The van der Waals surface area contributed by atoms with E-state index in [-0.39, 0.29) is 23.3 Å². The summed E-state index contributed by atoms with van der Waals surface area (Å²) in [4.78, 5) is -0.170. The molecule has 1 aliphatic heterocycles. The number of hydrogen-bond donors (Lipinski definition) is 1. The molecule has 0 unspecified atom stereocenters. The van der Waals surface area contributed by atoms with Crippen molar-refractivity contribution in [3.63, 3.8) is 0 Å².